The maximum Gasteiger partial charge on any atom is 0.230 e. The summed E-state index contributed by atoms with van der Waals surface area (Å²) >= 11 is 0. The number of amides is 2. The van der Waals surface area contributed by atoms with Gasteiger partial charge in [-0.25, -0.2) is 0 Å². The minimum Gasteiger partial charge on any atom is -0.384 e. The Morgan fingerprint density at radius 2 is 1.88 bits per heavy atom. The van der Waals surface area contributed by atoms with E-state index in [1.54, 1.807) is 7.11 Å². The van der Waals surface area contributed by atoms with Crippen molar-refractivity contribution in [3.63, 3.8) is 0 Å². The molecular weight excluding hydrogens is 306 g/mol. The van der Waals surface area contributed by atoms with Gasteiger partial charge in [-0.1, -0.05) is 0 Å². The van der Waals surface area contributed by atoms with Crippen molar-refractivity contribution in [3.8, 4) is 0 Å². The van der Waals surface area contributed by atoms with E-state index in [0.29, 0.717) is 19.6 Å². The van der Waals surface area contributed by atoms with Crippen molar-refractivity contribution >= 4 is 11.8 Å². The fraction of sp³-hybridized carbons (Fsp3) is 0.889. The first-order valence-electron chi connectivity index (χ1n) is 9.43. The van der Waals surface area contributed by atoms with Crippen molar-refractivity contribution in [1.82, 2.24) is 14.7 Å². The van der Waals surface area contributed by atoms with Crippen LogP contribution in [0.2, 0.25) is 0 Å². The molecule has 0 N–H and O–H groups in total. The van der Waals surface area contributed by atoms with Gasteiger partial charge in [-0.15, -0.1) is 0 Å². The quantitative estimate of drug-likeness (QED) is 0.724. The lowest BCUT2D eigenvalue weighted by Gasteiger charge is -2.39. The van der Waals surface area contributed by atoms with Gasteiger partial charge >= 0.3 is 0 Å². The van der Waals surface area contributed by atoms with Crippen LogP contribution in [-0.2, 0) is 14.3 Å². The molecule has 1 atom stereocenters. The third kappa shape index (κ3) is 3.75. The molecule has 0 aromatic heterocycles. The van der Waals surface area contributed by atoms with Gasteiger partial charge < -0.3 is 19.4 Å². The number of ether oxygens (including phenoxy) is 1. The van der Waals surface area contributed by atoms with E-state index < -0.39 is 0 Å². The van der Waals surface area contributed by atoms with Crippen LogP contribution < -0.4 is 0 Å². The number of methoxy groups -OCH3 is 1. The van der Waals surface area contributed by atoms with E-state index in [0.717, 1.165) is 45.4 Å². The second-order valence-corrected chi connectivity index (χ2v) is 7.53. The highest BCUT2D eigenvalue weighted by molar-refractivity contribution is 5.86. The van der Waals surface area contributed by atoms with Gasteiger partial charge in [0, 0.05) is 39.8 Å². The number of hydrogen-bond acceptors (Lipinski definition) is 4. The number of likely N-dealkylation sites (tertiary alicyclic amines) is 3. The first kappa shape index (κ1) is 17.7. The molecule has 3 saturated heterocycles. The second kappa shape index (κ2) is 7.83. The zero-order valence-corrected chi connectivity index (χ0v) is 15.0. The Morgan fingerprint density at radius 1 is 1.08 bits per heavy atom. The highest BCUT2D eigenvalue weighted by atomic mass is 16.5. The molecule has 3 aliphatic heterocycles. The monoisotopic (exact) mass is 337 g/mol. The standard InChI is InChI=1S/C18H31N3O3/c1-24-14-5-16(22)21-10-4-6-18(15-21)7-11-20(17(18)23)13-12-19-8-2-3-9-19/h2-15H2,1H3/t18-/m0/s1. The molecule has 0 aliphatic carbocycles. The zero-order chi connectivity index (χ0) is 17.0. The summed E-state index contributed by atoms with van der Waals surface area (Å²) < 4.78 is 5.01. The molecule has 3 fully saturated rings. The topological polar surface area (TPSA) is 53.1 Å². The fourth-order valence-electron chi connectivity index (χ4n) is 4.45. The van der Waals surface area contributed by atoms with Gasteiger partial charge in [0.05, 0.1) is 18.4 Å². The molecule has 3 aliphatic rings. The molecule has 3 rings (SSSR count). The van der Waals surface area contributed by atoms with E-state index in [9.17, 15) is 9.59 Å². The third-order valence-corrected chi connectivity index (χ3v) is 5.94. The largest absolute Gasteiger partial charge is 0.384 e. The minimum atomic E-state index is -0.314. The molecule has 2 amide bonds. The Kier molecular flexibility index (Phi) is 5.76. The van der Waals surface area contributed by atoms with Gasteiger partial charge in [0.2, 0.25) is 11.8 Å². The lowest BCUT2D eigenvalue weighted by molar-refractivity contribution is -0.143. The molecule has 136 valence electrons. The highest BCUT2D eigenvalue weighted by Crippen LogP contribution is 2.40. The Morgan fingerprint density at radius 3 is 2.62 bits per heavy atom. The highest BCUT2D eigenvalue weighted by Gasteiger charge is 2.49. The van der Waals surface area contributed by atoms with Crippen LogP contribution in [0.25, 0.3) is 0 Å². The predicted octanol–water partition coefficient (Wildman–Crippen LogP) is 0.960. The molecule has 0 bridgehead atoms. The van der Waals surface area contributed by atoms with E-state index >= 15 is 0 Å². The van der Waals surface area contributed by atoms with Crippen molar-refractivity contribution in [2.75, 3.05) is 59.5 Å². The van der Waals surface area contributed by atoms with Gasteiger partial charge in [0.15, 0.2) is 0 Å². The molecule has 0 saturated carbocycles. The Balaban J connectivity index is 1.54. The molecule has 3 heterocycles. The number of piperidine rings is 1. The summed E-state index contributed by atoms with van der Waals surface area (Å²) in [5.41, 5.74) is -0.314. The molecule has 24 heavy (non-hydrogen) atoms. The normalized spacial score (nSPS) is 28.3. The van der Waals surface area contributed by atoms with E-state index in [1.807, 2.05) is 9.80 Å². The number of carbonyl (C=O) groups is 2. The van der Waals surface area contributed by atoms with Gasteiger partial charge in [-0.05, 0) is 45.2 Å². The van der Waals surface area contributed by atoms with Gasteiger partial charge in [0.1, 0.15) is 0 Å². The second-order valence-electron chi connectivity index (χ2n) is 7.53. The first-order valence-corrected chi connectivity index (χ1v) is 9.43. The molecule has 0 aromatic rings. The van der Waals surface area contributed by atoms with Gasteiger partial charge in [0.25, 0.3) is 0 Å². The molecule has 0 unspecified atom stereocenters. The van der Waals surface area contributed by atoms with Crippen molar-refractivity contribution in [1.29, 1.82) is 0 Å². The minimum absolute atomic E-state index is 0.124. The summed E-state index contributed by atoms with van der Waals surface area (Å²) in [5.74, 6) is 0.408. The molecule has 1 spiro atoms. The molecule has 6 nitrogen and oxygen atoms in total. The number of nitrogens with zero attached hydrogens (tertiary/aromatic N) is 3. The number of rotatable bonds is 6. The van der Waals surface area contributed by atoms with Crippen LogP contribution in [0.3, 0.4) is 0 Å². The van der Waals surface area contributed by atoms with Crippen molar-refractivity contribution in [2.45, 2.75) is 38.5 Å². The van der Waals surface area contributed by atoms with Crippen LogP contribution in [0.5, 0.6) is 0 Å². The third-order valence-electron chi connectivity index (χ3n) is 5.94. The Bertz CT molecular complexity index is 464. The lowest BCUT2D eigenvalue weighted by atomic mass is 9.78. The fourth-order valence-corrected chi connectivity index (χ4v) is 4.45. The van der Waals surface area contributed by atoms with Crippen molar-refractivity contribution < 1.29 is 14.3 Å². The summed E-state index contributed by atoms with van der Waals surface area (Å²) in [4.78, 5) is 31.7. The van der Waals surface area contributed by atoms with Crippen LogP contribution in [0.1, 0.15) is 38.5 Å². The predicted molar refractivity (Wildman–Crippen MR) is 91.6 cm³/mol. The van der Waals surface area contributed by atoms with Crippen LogP contribution in [0, 0.1) is 5.41 Å². The summed E-state index contributed by atoms with van der Waals surface area (Å²) in [5, 5.41) is 0. The maximum absolute atomic E-state index is 13.0. The number of carbonyl (C=O) groups excluding carboxylic acids is 2. The van der Waals surface area contributed by atoms with E-state index in [-0.39, 0.29) is 17.2 Å². The molecule has 6 heteroatoms. The Hall–Kier alpha value is -1.14. The van der Waals surface area contributed by atoms with Gasteiger partial charge in [-0.2, -0.15) is 0 Å². The molecule has 0 radical (unpaired) electrons. The summed E-state index contributed by atoms with van der Waals surface area (Å²) in [6.07, 6.45) is 5.76. The van der Waals surface area contributed by atoms with Crippen LogP contribution >= 0.6 is 0 Å². The Labute approximate surface area is 145 Å². The van der Waals surface area contributed by atoms with Crippen LogP contribution in [0.15, 0.2) is 0 Å². The lowest BCUT2D eigenvalue weighted by Crippen LogP contribution is -2.50. The molecule has 0 aromatic carbocycles. The molecular formula is C18H31N3O3. The summed E-state index contributed by atoms with van der Waals surface area (Å²) in [6.45, 7) is 6.89. The SMILES string of the molecule is COCCC(=O)N1CCC[C@]2(CCN(CCN3CCCC3)C2=O)C1. The van der Waals surface area contributed by atoms with Crippen molar-refractivity contribution in [2.24, 2.45) is 5.41 Å². The smallest absolute Gasteiger partial charge is 0.230 e. The van der Waals surface area contributed by atoms with E-state index in [1.165, 1.54) is 25.9 Å². The summed E-state index contributed by atoms with van der Waals surface area (Å²) in [6, 6.07) is 0. The van der Waals surface area contributed by atoms with Crippen molar-refractivity contribution in [3.05, 3.63) is 0 Å². The van der Waals surface area contributed by atoms with Gasteiger partial charge in [-0.3, -0.25) is 9.59 Å². The average Bonchev–Trinajstić information content (AvgIpc) is 3.21. The maximum atomic E-state index is 13.0. The average molecular weight is 337 g/mol. The van der Waals surface area contributed by atoms with E-state index in [4.69, 9.17) is 4.74 Å². The number of hydrogen-bond donors (Lipinski definition) is 0. The van der Waals surface area contributed by atoms with Crippen LogP contribution in [0.4, 0.5) is 0 Å². The summed E-state index contributed by atoms with van der Waals surface area (Å²) in [7, 11) is 1.61. The van der Waals surface area contributed by atoms with E-state index in [2.05, 4.69) is 4.90 Å². The van der Waals surface area contributed by atoms with Crippen LogP contribution in [-0.4, -0.2) is 86.0 Å². The zero-order valence-electron chi connectivity index (χ0n) is 15.0. The first-order chi connectivity index (χ1) is 11.6.